The van der Waals surface area contributed by atoms with Crippen molar-refractivity contribution in [3.05, 3.63) is 65.2 Å². The van der Waals surface area contributed by atoms with Gasteiger partial charge in [0, 0.05) is 16.8 Å². The van der Waals surface area contributed by atoms with Gasteiger partial charge in [0.15, 0.2) is 0 Å². The van der Waals surface area contributed by atoms with Crippen LogP contribution in [0.5, 0.6) is 0 Å². The number of nitrogens with one attached hydrogen (secondary N) is 1. The summed E-state index contributed by atoms with van der Waals surface area (Å²) in [5, 5.41) is 12.6. The highest BCUT2D eigenvalue weighted by Gasteiger charge is 2.16. The molecule has 0 aliphatic heterocycles. The van der Waals surface area contributed by atoms with Crippen molar-refractivity contribution in [3.8, 4) is 0 Å². The van der Waals surface area contributed by atoms with E-state index in [-0.39, 0.29) is 5.91 Å². The molecule has 21 heavy (non-hydrogen) atoms. The Morgan fingerprint density at radius 1 is 1.14 bits per heavy atom. The Balaban J connectivity index is 2.15. The van der Waals surface area contributed by atoms with Crippen LogP contribution in [-0.4, -0.2) is 17.3 Å². The smallest absolute Gasteiger partial charge is 0.255 e. The van der Waals surface area contributed by atoms with E-state index in [1.165, 1.54) is 0 Å². The van der Waals surface area contributed by atoms with E-state index in [9.17, 15) is 14.7 Å². The number of carbonyl (C=O) groups excluding carboxylic acids is 2. The molecular formula is C17H17NO3. The summed E-state index contributed by atoms with van der Waals surface area (Å²) in [5.74, 6) is -0.264. The van der Waals surface area contributed by atoms with Crippen LogP contribution >= 0.6 is 0 Å². The fraction of sp³-hybridized carbons (Fsp3) is 0.176. The van der Waals surface area contributed by atoms with Crippen molar-refractivity contribution in [1.29, 1.82) is 0 Å². The Morgan fingerprint density at radius 3 is 2.38 bits per heavy atom. The molecule has 2 aromatic carbocycles. The molecule has 0 unspecified atom stereocenters. The molecule has 0 atom stereocenters. The summed E-state index contributed by atoms with van der Waals surface area (Å²) in [5.41, 5.74) is 1.36. The van der Waals surface area contributed by atoms with Gasteiger partial charge < -0.3 is 10.4 Å². The van der Waals surface area contributed by atoms with Gasteiger partial charge in [0.05, 0.1) is 5.60 Å². The van der Waals surface area contributed by atoms with Crippen molar-refractivity contribution < 1.29 is 14.7 Å². The number of rotatable bonds is 4. The van der Waals surface area contributed by atoms with Gasteiger partial charge in [-0.1, -0.05) is 24.3 Å². The monoisotopic (exact) mass is 283 g/mol. The lowest BCUT2D eigenvalue weighted by molar-refractivity contribution is 0.0784. The lowest BCUT2D eigenvalue weighted by atomic mass is 9.97. The second kappa shape index (κ2) is 5.89. The third-order valence-electron chi connectivity index (χ3n) is 3.13. The van der Waals surface area contributed by atoms with Crippen LogP contribution in [0.15, 0.2) is 48.5 Å². The van der Waals surface area contributed by atoms with Crippen LogP contribution in [-0.2, 0) is 5.60 Å². The molecule has 2 rings (SSSR count). The number of aliphatic hydroxyl groups is 1. The minimum atomic E-state index is -0.937. The third kappa shape index (κ3) is 3.77. The largest absolute Gasteiger partial charge is 0.386 e. The van der Waals surface area contributed by atoms with E-state index in [0.29, 0.717) is 16.8 Å². The molecule has 0 aliphatic carbocycles. The zero-order valence-electron chi connectivity index (χ0n) is 12.0. The average molecular weight is 283 g/mol. The number of carbonyl (C=O) groups is 2. The summed E-state index contributed by atoms with van der Waals surface area (Å²) >= 11 is 0. The number of hydrogen-bond donors (Lipinski definition) is 2. The fourth-order valence-electron chi connectivity index (χ4n) is 1.92. The minimum Gasteiger partial charge on any atom is -0.386 e. The Kier molecular flexibility index (Phi) is 4.19. The van der Waals surface area contributed by atoms with E-state index in [4.69, 9.17) is 0 Å². The first-order chi connectivity index (χ1) is 9.90. The van der Waals surface area contributed by atoms with E-state index in [2.05, 4.69) is 5.32 Å². The molecule has 0 heterocycles. The number of amides is 1. The number of anilines is 1. The number of benzene rings is 2. The molecule has 4 nitrogen and oxygen atoms in total. The SMILES string of the molecule is CC(C)(O)c1ccc(C(=O)Nc2cccc(C=O)c2)cc1. The normalized spacial score (nSPS) is 11.0. The van der Waals surface area contributed by atoms with Crippen molar-refractivity contribution in [2.24, 2.45) is 0 Å². The summed E-state index contributed by atoms with van der Waals surface area (Å²) in [6.45, 7) is 3.38. The van der Waals surface area contributed by atoms with E-state index in [0.717, 1.165) is 11.8 Å². The Morgan fingerprint density at radius 2 is 1.81 bits per heavy atom. The standard InChI is InChI=1S/C17H17NO3/c1-17(2,21)14-8-6-13(7-9-14)16(20)18-15-5-3-4-12(10-15)11-19/h3-11,21H,1-2H3,(H,18,20). The average Bonchev–Trinajstić information content (AvgIpc) is 2.46. The Bertz CT molecular complexity index is 654. The van der Waals surface area contributed by atoms with Crippen LogP contribution in [0.1, 0.15) is 40.1 Å². The molecule has 0 saturated heterocycles. The summed E-state index contributed by atoms with van der Waals surface area (Å²) in [6, 6.07) is 13.5. The first-order valence-corrected chi connectivity index (χ1v) is 6.59. The van der Waals surface area contributed by atoms with Crippen molar-refractivity contribution in [2.75, 3.05) is 5.32 Å². The molecule has 0 aromatic heterocycles. The van der Waals surface area contributed by atoms with Crippen molar-refractivity contribution >= 4 is 17.9 Å². The molecule has 0 bridgehead atoms. The van der Waals surface area contributed by atoms with Crippen molar-refractivity contribution in [2.45, 2.75) is 19.4 Å². The van der Waals surface area contributed by atoms with E-state index < -0.39 is 5.60 Å². The maximum absolute atomic E-state index is 12.1. The zero-order chi connectivity index (χ0) is 15.5. The van der Waals surface area contributed by atoms with Gasteiger partial charge in [-0.2, -0.15) is 0 Å². The highest BCUT2D eigenvalue weighted by atomic mass is 16.3. The molecular weight excluding hydrogens is 266 g/mol. The van der Waals surface area contributed by atoms with Gasteiger partial charge in [-0.25, -0.2) is 0 Å². The predicted octanol–water partition coefficient (Wildman–Crippen LogP) is 2.98. The molecule has 0 fully saturated rings. The first kappa shape index (κ1) is 14.9. The van der Waals surface area contributed by atoms with E-state index in [1.807, 2.05) is 0 Å². The molecule has 0 spiro atoms. The maximum atomic E-state index is 12.1. The zero-order valence-corrected chi connectivity index (χ0v) is 12.0. The van der Waals surface area contributed by atoms with Gasteiger partial charge in [0.1, 0.15) is 6.29 Å². The summed E-state index contributed by atoms with van der Waals surface area (Å²) in [7, 11) is 0. The molecule has 0 radical (unpaired) electrons. The van der Waals surface area contributed by atoms with Crippen LogP contribution in [0.25, 0.3) is 0 Å². The summed E-state index contributed by atoms with van der Waals surface area (Å²) in [4.78, 5) is 22.8. The minimum absolute atomic E-state index is 0.264. The maximum Gasteiger partial charge on any atom is 0.255 e. The van der Waals surface area contributed by atoms with Gasteiger partial charge in [-0.05, 0) is 43.7 Å². The first-order valence-electron chi connectivity index (χ1n) is 6.59. The highest BCUT2D eigenvalue weighted by Crippen LogP contribution is 2.20. The molecule has 2 aromatic rings. The van der Waals surface area contributed by atoms with Gasteiger partial charge >= 0.3 is 0 Å². The lowest BCUT2D eigenvalue weighted by Gasteiger charge is -2.17. The van der Waals surface area contributed by atoms with Crippen LogP contribution in [0.3, 0.4) is 0 Å². The van der Waals surface area contributed by atoms with E-state index in [1.54, 1.807) is 62.4 Å². The topological polar surface area (TPSA) is 66.4 Å². The fourth-order valence-corrected chi connectivity index (χ4v) is 1.92. The summed E-state index contributed by atoms with van der Waals surface area (Å²) in [6.07, 6.45) is 0.730. The van der Waals surface area contributed by atoms with Crippen LogP contribution in [0, 0.1) is 0 Å². The molecule has 4 heteroatoms. The van der Waals surface area contributed by atoms with Gasteiger partial charge in [0.2, 0.25) is 0 Å². The summed E-state index contributed by atoms with van der Waals surface area (Å²) < 4.78 is 0. The second-order valence-corrected chi connectivity index (χ2v) is 5.33. The Labute approximate surface area is 123 Å². The lowest BCUT2D eigenvalue weighted by Crippen LogP contribution is -2.16. The highest BCUT2D eigenvalue weighted by molar-refractivity contribution is 6.04. The molecule has 108 valence electrons. The quantitative estimate of drug-likeness (QED) is 0.848. The van der Waals surface area contributed by atoms with Crippen LogP contribution < -0.4 is 5.32 Å². The van der Waals surface area contributed by atoms with Gasteiger partial charge in [-0.3, -0.25) is 9.59 Å². The Hall–Kier alpha value is -2.46. The van der Waals surface area contributed by atoms with Crippen LogP contribution in [0.4, 0.5) is 5.69 Å². The predicted molar refractivity (Wildman–Crippen MR) is 81.5 cm³/mol. The second-order valence-electron chi connectivity index (χ2n) is 5.33. The molecule has 1 amide bonds. The third-order valence-corrected chi connectivity index (χ3v) is 3.13. The number of aldehydes is 1. The molecule has 0 aliphatic rings. The van der Waals surface area contributed by atoms with Crippen molar-refractivity contribution in [1.82, 2.24) is 0 Å². The molecule has 2 N–H and O–H groups in total. The van der Waals surface area contributed by atoms with Gasteiger partial charge in [0.25, 0.3) is 5.91 Å². The van der Waals surface area contributed by atoms with Crippen LogP contribution in [0.2, 0.25) is 0 Å². The number of hydrogen-bond acceptors (Lipinski definition) is 3. The van der Waals surface area contributed by atoms with E-state index >= 15 is 0 Å². The van der Waals surface area contributed by atoms with Crippen molar-refractivity contribution in [3.63, 3.8) is 0 Å². The van der Waals surface area contributed by atoms with Gasteiger partial charge in [-0.15, -0.1) is 0 Å². The molecule has 0 saturated carbocycles.